The third kappa shape index (κ3) is 6.04. The zero-order valence-corrected chi connectivity index (χ0v) is 10.6. The minimum Gasteiger partial charge on any atom is -0.215 e. The normalized spacial score (nSPS) is 11.6. The van der Waals surface area contributed by atoms with E-state index in [9.17, 15) is 8.42 Å². The molecule has 0 aromatic heterocycles. The lowest BCUT2D eigenvalue weighted by molar-refractivity contribution is 0.590. The molecule has 0 bridgehead atoms. The maximum absolute atomic E-state index is 10.7. The summed E-state index contributed by atoms with van der Waals surface area (Å²) in [4.78, 5) is 1.08. The van der Waals surface area contributed by atoms with E-state index in [1.165, 1.54) is 0 Å². The molecule has 3 nitrogen and oxygen atoms in total. The van der Waals surface area contributed by atoms with Crippen LogP contribution in [-0.4, -0.2) is 27.0 Å². The summed E-state index contributed by atoms with van der Waals surface area (Å²) in [5, 5.41) is 0.702. The SMILES string of the molecule is CS(=O)(=O)NCCSc1ccc(Cl)cc1. The van der Waals surface area contributed by atoms with Gasteiger partial charge in [0.2, 0.25) is 10.0 Å². The number of sulfonamides is 1. The number of benzene rings is 1. The molecular weight excluding hydrogens is 254 g/mol. The highest BCUT2D eigenvalue weighted by Crippen LogP contribution is 2.19. The molecular formula is C9H12ClNO2S2. The van der Waals surface area contributed by atoms with Crippen LogP contribution in [0.1, 0.15) is 0 Å². The Kier molecular flexibility index (Phi) is 4.92. The van der Waals surface area contributed by atoms with Crippen molar-refractivity contribution >= 4 is 33.4 Å². The van der Waals surface area contributed by atoms with E-state index in [0.717, 1.165) is 11.2 Å². The quantitative estimate of drug-likeness (QED) is 0.654. The number of thioether (sulfide) groups is 1. The van der Waals surface area contributed by atoms with Crippen molar-refractivity contribution < 1.29 is 8.42 Å². The fourth-order valence-electron chi connectivity index (χ4n) is 0.927. The molecule has 0 aliphatic rings. The zero-order valence-electron chi connectivity index (χ0n) is 8.23. The van der Waals surface area contributed by atoms with E-state index in [1.807, 2.05) is 24.3 Å². The van der Waals surface area contributed by atoms with E-state index < -0.39 is 10.0 Å². The average molecular weight is 266 g/mol. The minimum atomic E-state index is -3.07. The first-order valence-electron chi connectivity index (χ1n) is 4.30. The van der Waals surface area contributed by atoms with Gasteiger partial charge in [0, 0.05) is 22.2 Å². The Bertz CT molecular complexity index is 403. The van der Waals surface area contributed by atoms with Gasteiger partial charge in [-0.3, -0.25) is 0 Å². The van der Waals surface area contributed by atoms with Crippen LogP contribution in [0, 0.1) is 0 Å². The van der Waals surface area contributed by atoms with E-state index in [1.54, 1.807) is 11.8 Å². The van der Waals surface area contributed by atoms with Crippen molar-refractivity contribution in [2.75, 3.05) is 18.6 Å². The Hall–Kier alpha value is -0.230. The topological polar surface area (TPSA) is 46.2 Å². The van der Waals surface area contributed by atoms with Gasteiger partial charge in [-0.1, -0.05) is 11.6 Å². The van der Waals surface area contributed by atoms with Crippen molar-refractivity contribution in [1.82, 2.24) is 4.72 Å². The Labute approximate surface area is 99.3 Å². The first-order chi connectivity index (χ1) is 6.97. The van der Waals surface area contributed by atoms with Crippen LogP contribution in [0.15, 0.2) is 29.2 Å². The number of halogens is 1. The highest BCUT2D eigenvalue weighted by Gasteiger charge is 1.99. The minimum absolute atomic E-state index is 0.437. The molecule has 0 heterocycles. The Balaban J connectivity index is 2.29. The highest BCUT2D eigenvalue weighted by molar-refractivity contribution is 7.99. The summed E-state index contributed by atoms with van der Waals surface area (Å²) in [5.41, 5.74) is 0. The van der Waals surface area contributed by atoms with Crippen LogP contribution in [0.2, 0.25) is 5.02 Å². The molecule has 0 amide bonds. The molecule has 0 aliphatic carbocycles. The molecule has 1 aromatic rings. The van der Waals surface area contributed by atoms with E-state index in [2.05, 4.69) is 4.72 Å². The second-order valence-electron chi connectivity index (χ2n) is 2.97. The van der Waals surface area contributed by atoms with Crippen LogP contribution >= 0.6 is 23.4 Å². The van der Waals surface area contributed by atoms with E-state index in [4.69, 9.17) is 11.6 Å². The predicted molar refractivity (Wildman–Crippen MR) is 65.0 cm³/mol. The molecule has 0 saturated carbocycles. The van der Waals surface area contributed by atoms with Gasteiger partial charge in [-0.2, -0.15) is 0 Å². The van der Waals surface area contributed by atoms with E-state index in [-0.39, 0.29) is 0 Å². The van der Waals surface area contributed by atoms with Gasteiger partial charge < -0.3 is 0 Å². The molecule has 0 saturated heterocycles. The molecule has 1 rings (SSSR count). The number of hydrogen-bond donors (Lipinski definition) is 1. The maximum Gasteiger partial charge on any atom is 0.208 e. The van der Waals surface area contributed by atoms with Crippen LogP contribution in [0.3, 0.4) is 0 Å². The predicted octanol–water partition coefficient (Wildman–Crippen LogP) is 1.98. The van der Waals surface area contributed by atoms with Gasteiger partial charge in [-0.25, -0.2) is 13.1 Å². The number of hydrogen-bond acceptors (Lipinski definition) is 3. The lowest BCUT2D eigenvalue weighted by Gasteiger charge is -2.02. The van der Waals surface area contributed by atoms with Crippen molar-refractivity contribution in [2.45, 2.75) is 4.90 Å². The standard InChI is InChI=1S/C9H12ClNO2S2/c1-15(12,13)11-6-7-14-9-4-2-8(10)3-5-9/h2-5,11H,6-7H2,1H3. The van der Waals surface area contributed by atoms with Gasteiger partial charge in [0.25, 0.3) is 0 Å². The molecule has 0 fully saturated rings. The molecule has 0 aliphatic heterocycles. The maximum atomic E-state index is 10.7. The number of rotatable bonds is 5. The smallest absolute Gasteiger partial charge is 0.208 e. The molecule has 1 aromatic carbocycles. The van der Waals surface area contributed by atoms with Crippen LogP contribution in [0.4, 0.5) is 0 Å². The van der Waals surface area contributed by atoms with Crippen LogP contribution in [0.25, 0.3) is 0 Å². The van der Waals surface area contributed by atoms with E-state index >= 15 is 0 Å². The van der Waals surface area contributed by atoms with Gasteiger partial charge in [0.15, 0.2) is 0 Å². The lowest BCUT2D eigenvalue weighted by Crippen LogP contribution is -2.24. The Morgan fingerprint density at radius 3 is 2.47 bits per heavy atom. The fourth-order valence-corrected chi connectivity index (χ4v) is 2.42. The van der Waals surface area contributed by atoms with Crippen molar-refractivity contribution in [2.24, 2.45) is 0 Å². The van der Waals surface area contributed by atoms with Crippen LogP contribution in [0.5, 0.6) is 0 Å². The van der Waals surface area contributed by atoms with Crippen molar-refractivity contribution in [3.63, 3.8) is 0 Å². The fraction of sp³-hybridized carbons (Fsp3) is 0.333. The van der Waals surface area contributed by atoms with Crippen molar-refractivity contribution in [3.8, 4) is 0 Å². The summed E-state index contributed by atoms with van der Waals surface area (Å²) in [6, 6.07) is 7.45. The van der Waals surface area contributed by atoms with Crippen LogP contribution in [-0.2, 0) is 10.0 Å². The summed E-state index contributed by atoms with van der Waals surface area (Å²) < 4.78 is 23.9. The zero-order chi connectivity index (χ0) is 11.3. The third-order valence-electron chi connectivity index (χ3n) is 1.55. The first kappa shape index (κ1) is 12.8. The van der Waals surface area contributed by atoms with Gasteiger partial charge in [-0.15, -0.1) is 11.8 Å². The van der Waals surface area contributed by atoms with Gasteiger partial charge in [0.1, 0.15) is 0 Å². The summed E-state index contributed by atoms with van der Waals surface area (Å²) in [6.45, 7) is 0.437. The molecule has 6 heteroatoms. The van der Waals surface area contributed by atoms with Gasteiger partial charge in [-0.05, 0) is 24.3 Å². The summed E-state index contributed by atoms with van der Waals surface area (Å²) >= 11 is 7.32. The van der Waals surface area contributed by atoms with E-state index in [0.29, 0.717) is 17.3 Å². The molecule has 84 valence electrons. The molecule has 0 radical (unpaired) electrons. The van der Waals surface area contributed by atoms with Crippen LogP contribution < -0.4 is 4.72 Å². The molecule has 15 heavy (non-hydrogen) atoms. The molecule has 0 unspecified atom stereocenters. The van der Waals surface area contributed by atoms with Gasteiger partial charge in [0.05, 0.1) is 6.26 Å². The van der Waals surface area contributed by atoms with Crippen molar-refractivity contribution in [3.05, 3.63) is 29.3 Å². The summed E-state index contributed by atoms with van der Waals surface area (Å²) in [6.07, 6.45) is 1.15. The second-order valence-corrected chi connectivity index (χ2v) is 6.41. The monoisotopic (exact) mass is 265 g/mol. The van der Waals surface area contributed by atoms with Gasteiger partial charge >= 0.3 is 0 Å². The first-order valence-corrected chi connectivity index (χ1v) is 7.56. The highest BCUT2D eigenvalue weighted by atomic mass is 35.5. The third-order valence-corrected chi connectivity index (χ3v) is 3.54. The Morgan fingerprint density at radius 2 is 1.93 bits per heavy atom. The lowest BCUT2D eigenvalue weighted by atomic mass is 10.4. The largest absolute Gasteiger partial charge is 0.215 e. The summed E-state index contributed by atoms with van der Waals surface area (Å²) in [7, 11) is -3.07. The van der Waals surface area contributed by atoms with Crippen molar-refractivity contribution in [1.29, 1.82) is 0 Å². The number of nitrogens with one attached hydrogen (secondary N) is 1. The average Bonchev–Trinajstić information content (AvgIpc) is 2.14. The molecule has 0 spiro atoms. The summed E-state index contributed by atoms with van der Waals surface area (Å²) in [5.74, 6) is 0.703. The Morgan fingerprint density at radius 1 is 1.33 bits per heavy atom. The second kappa shape index (κ2) is 5.75. The molecule has 0 atom stereocenters. The molecule has 1 N–H and O–H groups in total.